The van der Waals surface area contributed by atoms with Crippen molar-refractivity contribution in [2.75, 3.05) is 5.32 Å². The first-order chi connectivity index (χ1) is 8.32. The molecule has 3 N–H and O–H groups in total. The van der Waals surface area contributed by atoms with E-state index >= 15 is 0 Å². The smallest absolute Gasteiger partial charge is 0.293 e. The normalized spacial score (nSPS) is 12.2. The Bertz CT molecular complexity index is 472. The molecule has 1 unspecified atom stereocenters. The molecule has 1 rings (SSSR count). The Hall–Kier alpha value is -2.11. The van der Waals surface area contributed by atoms with Gasteiger partial charge in [0.05, 0.1) is 4.92 Å². The highest BCUT2D eigenvalue weighted by atomic mass is 16.6. The second-order valence-corrected chi connectivity index (χ2v) is 4.53. The van der Waals surface area contributed by atoms with Crippen LogP contribution in [0.3, 0.4) is 0 Å². The summed E-state index contributed by atoms with van der Waals surface area (Å²) in [5.74, 6) is -0.345. The van der Waals surface area contributed by atoms with Crippen LogP contribution in [0.25, 0.3) is 0 Å². The van der Waals surface area contributed by atoms with Gasteiger partial charge in [-0.3, -0.25) is 14.9 Å². The molecule has 6 nitrogen and oxygen atoms in total. The summed E-state index contributed by atoms with van der Waals surface area (Å²) in [4.78, 5) is 21.4. The van der Waals surface area contributed by atoms with Gasteiger partial charge in [-0.15, -0.1) is 0 Å². The van der Waals surface area contributed by atoms with Gasteiger partial charge in [-0.05, 0) is 25.0 Å². The molecule has 0 aliphatic carbocycles. The van der Waals surface area contributed by atoms with Crippen LogP contribution in [-0.2, 0) is 0 Å². The Kier molecular flexibility index (Phi) is 4.25. The van der Waals surface area contributed by atoms with E-state index in [0.29, 0.717) is 11.6 Å². The van der Waals surface area contributed by atoms with Crippen molar-refractivity contribution in [3.05, 3.63) is 33.9 Å². The maximum Gasteiger partial charge on any atom is 0.293 e. The van der Waals surface area contributed by atoms with Crippen molar-refractivity contribution in [3.63, 3.8) is 0 Å². The fourth-order valence-corrected chi connectivity index (χ4v) is 1.37. The Morgan fingerprint density at radius 3 is 2.44 bits per heavy atom. The molecule has 0 saturated heterocycles. The Morgan fingerprint density at radius 2 is 2.00 bits per heavy atom. The largest absolute Gasteiger partial charge is 0.377 e. The molecule has 0 fully saturated rings. The number of rotatable bonds is 5. The van der Waals surface area contributed by atoms with Crippen molar-refractivity contribution in [1.29, 1.82) is 0 Å². The summed E-state index contributed by atoms with van der Waals surface area (Å²) < 4.78 is 0. The predicted molar refractivity (Wildman–Crippen MR) is 69.5 cm³/mol. The molecule has 0 bridgehead atoms. The number of carbonyl (C=O) groups excluding carboxylic acids is 1. The molecular weight excluding hydrogens is 234 g/mol. The highest BCUT2D eigenvalue weighted by molar-refractivity contribution is 5.94. The molecule has 0 aliphatic heterocycles. The molecule has 98 valence electrons. The van der Waals surface area contributed by atoms with E-state index in [2.05, 4.69) is 5.32 Å². The number of anilines is 1. The molecule has 0 heterocycles. The van der Waals surface area contributed by atoms with Crippen LogP contribution in [0.5, 0.6) is 0 Å². The number of primary amides is 1. The minimum Gasteiger partial charge on any atom is -0.377 e. The zero-order valence-corrected chi connectivity index (χ0v) is 10.6. The number of nitro benzene ring substituents is 1. The molecule has 1 amide bonds. The van der Waals surface area contributed by atoms with Crippen LogP contribution in [-0.4, -0.2) is 16.9 Å². The zero-order chi connectivity index (χ0) is 13.9. The molecule has 1 aromatic carbocycles. The molecule has 0 spiro atoms. The van der Waals surface area contributed by atoms with Crippen LogP contribution < -0.4 is 11.1 Å². The fourth-order valence-electron chi connectivity index (χ4n) is 1.37. The van der Waals surface area contributed by atoms with Gasteiger partial charge in [-0.2, -0.15) is 0 Å². The van der Waals surface area contributed by atoms with Crippen molar-refractivity contribution < 1.29 is 9.72 Å². The number of nitrogens with one attached hydrogen (secondary N) is 1. The van der Waals surface area contributed by atoms with Gasteiger partial charge in [0.25, 0.3) is 5.69 Å². The first-order valence-corrected chi connectivity index (χ1v) is 5.67. The molecule has 1 aromatic rings. The standard InChI is InChI=1S/C12H17N3O3/c1-7(2)8(3)14-10-5-4-9(12(13)16)6-11(10)15(17)18/h4-8,14H,1-3H3,(H2,13,16). The van der Waals surface area contributed by atoms with Gasteiger partial charge in [0, 0.05) is 17.7 Å². The first-order valence-electron chi connectivity index (χ1n) is 5.67. The van der Waals surface area contributed by atoms with E-state index in [9.17, 15) is 14.9 Å². The fraction of sp³-hybridized carbons (Fsp3) is 0.417. The minimum atomic E-state index is -0.679. The second kappa shape index (κ2) is 5.48. The van der Waals surface area contributed by atoms with E-state index in [0.717, 1.165) is 0 Å². The lowest BCUT2D eigenvalue weighted by atomic mass is 10.1. The van der Waals surface area contributed by atoms with Crippen molar-refractivity contribution >= 4 is 17.3 Å². The van der Waals surface area contributed by atoms with E-state index in [1.807, 2.05) is 20.8 Å². The molecule has 0 saturated carbocycles. The summed E-state index contributed by atoms with van der Waals surface area (Å²) in [6, 6.07) is 4.27. The van der Waals surface area contributed by atoms with Crippen LogP contribution >= 0.6 is 0 Å². The number of hydrogen-bond donors (Lipinski definition) is 2. The van der Waals surface area contributed by atoms with Crippen LogP contribution in [0.4, 0.5) is 11.4 Å². The molecule has 0 aromatic heterocycles. The van der Waals surface area contributed by atoms with E-state index in [-0.39, 0.29) is 17.3 Å². The number of carbonyl (C=O) groups is 1. The van der Waals surface area contributed by atoms with E-state index in [1.165, 1.54) is 18.2 Å². The average Bonchev–Trinajstić information content (AvgIpc) is 2.28. The van der Waals surface area contributed by atoms with Crippen molar-refractivity contribution in [2.24, 2.45) is 11.7 Å². The first kappa shape index (κ1) is 14.0. The van der Waals surface area contributed by atoms with Crippen LogP contribution in [0.15, 0.2) is 18.2 Å². The van der Waals surface area contributed by atoms with Crippen LogP contribution in [0.2, 0.25) is 0 Å². The monoisotopic (exact) mass is 251 g/mol. The quantitative estimate of drug-likeness (QED) is 0.618. The second-order valence-electron chi connectivity index (χ2n) is 4.53. The average molecular weight is 251 g/mol. The molecule has 0 radical (unpaired) electrons. The van der Waals surface area contributed by atoms with Crippen LogP contribution in [0, 0.1) is 16.0 Å². The Morgan fingerprint density at radius 1 is 1.39 bits per heavy atom. The highest BCUT2D eigenvalue weighted by Gasteiger charge is 2.18. The van der Waals surface area contributed by atoms with E-state index in [4.69, 9.17) is 5.73 Å². The molecule has 0 aliphatic rings. The summed E-state index contributed by atoms with van der Waals surface area (Å²) in [5, 5.41) is 14.0. The topological polar surface area (TPSA) is 98.3 Å². The Labute approximate surface area is 105 Å². The lowest BCUT2D eigenvalue weighted by molar-refractivity contribution is -0.384. The predicted octanol–water partition coefficient (Wildman–Crippen LogP) is 2.15. The summed E-state index contributed by atoms with van der Waals surface area (Å²) in [6.07, 6.45) is 0. The van der Waals surface area contributed by atoms with Gasteiger partial charge in [0.2, 0.25) is 5.91 Å². The maximum absolute atomic E-state index is 11.0. The van der Waals surface area contributed by atoms with Crippen molar-refractivity contribution in [1.82, 2.24) is 0 Å². The van der Waals surface area contributed by atoms with Gasteiger partial charge in [-0.1, -0.05) is 13.8 Å². The van der Waals surface area contributed by atoms with Gasteiger partial charge >= 0.3 is 0 Å². The number of nitro groups is 1. The van der Waals surface area contributed by atoms with Gasteiger partial charge in [0.1, 0.15) is 5.69 Å². The van der Waals surface area contributed by atoms with E-state index in [1.54, 1.807) is 0 Å². The minimum absolute atomic E-state index is 0.0862. The molecule has 18 heavy (non-hydrogen) atoms. The van der Waals surface area contributed by atoms with Crippen LogP contribution in [0.1, 0.15) is 31.1 Å². The highest BCUT2D eigenvalue weighted by Crippen LogP contribution is 2.27. The third-order valence-corrected chi connectivity index (χ3v) is 2.86. The summed E-state index contributed by atoms with van der Waals surface area (Å²) >= 11 is 0. The zero-order valence-electron chi connectivity index (χ0n) is 10.6. The van der Waals surface area contributed by atoms with Gasteiger partial charge in [-0.25, -0.2) is 0 Å². The van der Waals surface area contributed by atoms with Gasteiger partial charge < -0.3 is 11.1 Å². The molecular formula is C12H17N3O3. The molecule has 1 atom stereocenters. The lowest BCUT2D eigenvalue weighted by Gasteiger charge is -2.18. The summed E-state index contributed by atoms with van der Waals surface area (Å²) in [7, 11) is 0. The summed E-state index contributed by atoms with van der Waals surface area (Å²) in [6.45, 7) is 5.97. The van der Waals surface area contributed by atoms with Gasteiger partial charge in [0.15, 0.2) is 0 Å². The number of nitrogens with two attached hydrogens (primary N) is 1. The molecule has 6 heteroatoms. The Balaban J connectivity index is 3.12. The third-order valence-electron chi connectivity index (χ3n) is 2.86. The number of nitrogens with zero attached hydrogens (tertiary/aromatic N) is 1. The lowest BCUT2D eigenvalue weighted by Crippen LogP contribution is -2.22. The maximum atomic E-state index is 11.0. The number of benzene rings is 1. The summed E-state index contributed by atoms with van der Waals surface area (Å²) in [5.41, 5.74) is 5.48. The van der Waals surface area contributed by atoms with Crippen molar-refractivity contribution in [3.8, 4) is 0 Å². The number of amides is 1. The third kappa shape index (κ3) is 3.19. The van der Waals surface area contributed by atoms with Crippen molar-refractivity contribution in [2.45, 2.75) is 26.8 Å². The SMILES string of the molecule is CC(C)C(C)Nc1ccc(C(N)=O)cc1[N+](=O)[O-]. The van der Waals surface area contributed by atoms with E-state index < -0.39 is 10.8 Å². The number of hydrogen-bond acceptors (Lipinski definition) is 4.